The second kappa shape index (κ2) is 6.22. The minimum atomic E-state index is 0.186. The summed E-state index contributed by atoms with van der Waals surface area (Å²) in [5, 5.41) is 11.7. The van der Waals surface area contributed by atoms with Crippen LogP contribution in [0.2, 0.25) is 0 Å². The van der Waals surface area contributed by atoms with Crippen LogP contribution in [-0.2, 0) is 17.8 Å². The van der Waals surface area contributed by atoms with E-state index >= 15 is 0 Å². The normalized spacial score (nSPS) is 24.9. The van der Waals surface area contributed by atoms with E-state index < -0.39 is 0 Å². The Kier molecular flexibility index (Phi) is 4.81. The first-order chi connectivity index (χ1) is 9.45. The Balaban J connectivity index is 1.81. The number of aryl methyl sites for hydroxylation is 1. The van der Waals surface area contributed by atoms with E-state index in [2.05, 4.69) is 54.7 Å². The Bertz CT molecular complexity index is 427. The van der Waals surface area contributed by atoms with Crippen molar-refractivity contribution in [2.24, 2.45) is 11.3 Å². The summed E-state index contributed by atoms with van der Waals surface area (Å²) in [6.45, 7) is 13.6. The molecular weight excluding hydrogens is 252 g/mol. The van der Waals surface area contributed by atoms with Crippen molar-refractivity contribution in [2.75, 3.05) is 6.61 Å². The van der Waals surface area contributed by atoms with Crippen LogP contribution >= 0.6 is 0 Å². The van der Waals surface area contributed by atoms with Crippen LogP contribution in [0.15, 0.2) is 6.33 Å². The van der Waals surface area contributed by atoms with Gasteiger partial charge in [-0.1, -0.05) is 27.7 Å². The van der Waals surface area contributed by atoms with Gasteiger partial charge in [-0.25, -0.2) is 0 Å². The monoisotopic (exact) mass is 280 g/mol. The van der Waals surface area contributed by atoms with E-state index in [9.17, 15) is 0 Å². The molecule has 0 saturated heterocycles. The minimum Gasteiger partial charge on any atom is -0.377 e. The average molecular weight is 280 g/mol. The molecule has 1 N–H and O–H groups in total. The second-order valence-electron chi connectivity index (χ2n) is 6.74. The van der Waals surface area contributed by atoms with Crippen molar-refractivity contribution in [3.63, 3.8) is 0 Å². The maximum Gasteiger partial charge on any atom is 0.146 e. The molecule has 0 radical (unpaired) electrons. The van der Waals surface area contributed by atoms with Gasteiger partial charge in [0.1, 0.15) is 12.2 Å². The molecule has 0 amide bonds. The van der Waals surface area contributed by atoms with Crippen molar-refractivity contribution in [3.8, 4) is 0 Å². The van der Waals surface area contributed by atoms with Crippen LogP contribution in [0.5, 0.6) is 0 Å². The second-order valence-corrected chi connectivity index (χ2v) is 6.74. The number of rotatable bonds is 7. The number of hydrogen-bond acceptors (Lipinski definition) is 4. The van der Waals surface area contributed by atoms with E-state index in [0.29, 0.717) is 18.1 Å². The number of hydrogen-bond donors (Lipinski definition) is 1. The van der Waals surface area contributed by atoms with Crippen LogP contribution < -0.4 is 5.32 Å². The molecule has 1 aliphatic carbocycles. The van der Waals surface area contributed by atoms with Crippen molar-refractivity contribution in [1.29, 1.82) is 0 Å². The van der Waals surface area contributed by atoms with Gasteiger partial charge in [-0.3, -0.25) is 0 Å². The molecule has 2 atom stereocenters. The lowest BCUT2D eigenvalue weighted by Gasteiger charge is -2.52. The average Bonchev–Trinajstić information content (AvgIpc) is 2.83. The van der Waals surface area contributed by atoms with E-state index in [1.165, 1.54) is 0 Å². The molecule has 2 unspecified atom stereocenters. The summed E-state index contributed by atoms with van der Waals surface area (Å²) in [6, 6.07) is 0.488. The third-order valence-corrected chi connectivity index (χ3v) is 4.35. The molecule has 1 aromatic heterocycles. The van der Waals surface area contributed by atoms with Crippen molar-refractivity contribution in [2.45, 2.75) is 66.3 Å². The fraction of sp³-hybridized carbons (Fsp3) is 0.867. The summed E-state index contributed by atoms with van der Waals surface area (Å²) < 4.78 is 8.07. The van der Waals surface area contributed by atoms with Crippen LogP contribution in [0.4, 0.5) is 0 Å². The zero-order valence-electron chi connectivity index (χ0n) is 13.4. The summed E-state index contributed by atoms with van der Waals surface area (Å²) in [4.78, 5) is 0. The van der Waals surface area contributed by atoms with Gasteiger partial charge >= 0.3 is 0 Å². The summed E-state index contributed by atoms with van der Waals surface area (Å²) in [6.07, 6.45) is 3.24. The lowest BCUT2D eigenvalue weighted by atomic mass is 9.64. The SMILES string of the molecule is CCn1cnnc1CNC1CC(OCC(C)C)C1(C)C. The number of ether oxygens (including phenoxy) is 1. The van der Waals surface area contributed by atoms with Gasteiger partial charge < -0.3 is 14.6 Å². The number of nitrogens with zero attached hydrogens (tertiary/aromatic N) is 3. The third-order valence-electron chi connectivity index (χ3n) is 4.35. The van der Waals surface area contributed by atoms with Gasteiger partial charge in [-0.2, -0.15) is 0 Å². The zero-order chi connectivity index (χ0) is 14.8. The molecule has 2 rings (SSSR count). The lowest BCUT2D eigenvalue weighted by molar-refractivity contribution is -0.124. The number of aromatic nitrogens is 3. The van der Waals surface area contributed by atoms with Gasteiger partial charge in [0.15, 0.2) is 0 Å². The highest BCUT2D eigenvalue weighted by Crippen LogP contribution is 2.43. The van der Waals surface area contributed by atoms with Crippen LogP contribution in [0.1, 0.15) is 46.9 Å². The summed E-state index contributed by atoms with van der Waals surface area (Å²) >= 11 is 0. The summed E-state index contributed by atoms with van der Waals surface area (Å²) in [5.41, 5.74) is 0.186. The molecular formula is C15H28N4O. The quantitative estimate of drug-likeness (QED) is 0.832. The van der Waals surface area contributed by atoms with Gasteiger partial charge in [-0.05, 0) is 19.3 Å². The highest BCUT2D eigenvalue weighted by Gasteiger charge is 2.48. The van der Waals surface area contributed by atoms with E-state index in [1.807, 2.05) is 0 Å². The van der Waals surface area contributed by atoms with E-state index in [-0.39, 0.29) is 5.41 Å². The fourth-order valence-corrected chi connectivity index (χ4v) is 2.72. The van der Waals surface area contributed by atoms with Gasteiger partial charge in [0, 0.05) is 24.6 Å². The van der Waals surface area contributed by atoms with Crippen LogP contribution in [0, 0.1) is 11.3 Å². The Morgan fingerprint density at radius 1 is 1.50 bits per heavy atom. The predicted octanol–water partition coefficient (Wildman–Crippen LogP) is 2.23. The molecule has 20 heavy (non-hydrogen) atoms. The predicted molar refractivity (Wildman–Crippen MR) is 79.3 cm³/mol. The topological polar surface area (TPSA) is 52.0 Å². The minimum absolute atomic E-state index is 0.186. The largest absolute Gasteiger partial charge is 0.377 e. The highest BCUT2D eigenvalue weighted by atomic mass is 16.5. The smallest absolute Gasteiger partial charge is 0.146 e. The van der Waals surface area contributed by atoms with Crippen molar-refractivity contribution < 1.29 is 4.74 Å². The van der Waals surface area contributed by atoms with Crippen LogP contribution in [0.3, 0.4) is 0 Å². The molecule has 0 bridgehead atoms. The first-order valence-corrected chi connectivity index (χ1v) is 7.66. The molecule has 0 spiro atoms. The first-order valence-electron chi connectivity index (χ1n) is 7.66. The molecule has 1 saturated carbocycles. The van der Waals surface area contributed by atoms with Crippen molar-refractivity contribution >= 4 is 0 Å². The lowest BCUT2D eigenvalue weighted by Crippen LogP contribution is -2.60. The standard InChI is InChI=1S/C15H28N4O/c1-6-19-10-17-18-14(19)8-16-12-7-13(15(12,4)5)20-9-11(2)3/h10-13,16H,6-9H2,1-5H3. The van der Waals surface area contributed by atoms with Crippen LogP contribution in [-0.4, -0.2) is 33.5 Å². The Labute approximate surface area is 122 Å². The maximum atomic E-state index is 5.99. The maximum absolute atomic E-state index is 5.99. The molecule has 114 valence electrons. The summed E-state index contributed by atoms with van der Waals surface area (Å²) in [5.74, 6) is 1.61. The molecule has 0 aliphatic heterocycles. The van der Waals surface area contributed by atoms with Gasteiger partial charge in [0.25, 0.3) is 0 Å². The molecule has 1 fully saturated rings. The van der Waals surface area contributed by atoms with Gasteiger partial charge in [0.05, 0.1) is 12.6 Å². The molecule has 1 aliphatic rings. The van der Waals surface area contributed by atoms with E-state index in [0.717, 1.165) is 31.9 Å². The van der Waals surface area contributed by atoms with E-state index in [4.69, 9.17) is 4.74 Å². The first kappa shape index (κ1) is 15.4. The van der Waals surface area contributed by atoms with Crippen molar-refractivity contribution in [1.82, 2.24) is 20.1 Å². The fourth-order valence-electron chi connectivity index (χ4n) is 2.72. The summed E-state index contributed by atoms with van der Waals surface area (Å²) in [7, 11) is 0. The third kappa shape index (κ3) is 3.20. The van der Waals surface area contributed by atoms with Gasteiger partial charge in [-0.15, -0.1) is 10.2 Å². The molecule has 5 heteroatoms. The Morgan fingerprint density at radius 3 is 2.85 bits per heavy atom. The number of nitrogens with one attached hydrogen (secondary N) is 1. The van der Waals surface area contributed by atoms with Crippen molar-refractivity contribution in [3.05, 3.63) is 12.2 Å². The van der Waals surface area contributed by atoms with Crippen LogP contribution in [0.25, 0.3) is 0 Å². The Morgan fingerprint density at radius 2 is 2.25 bits per heavy atom. The van der Waals surface area contributed by atoms with Gasteiger partial charge in [0.2, 0.25) is 0 Å². The highest BCUT2D eigenvalue weighted by molar-refractivity contribution is 5.03. The molecule has 0 aromatic carbocycles. The zero-order valence-corrected chi connectivity index (χ0v) is 13.4. The van der Waals surface area contributed by atoms with E-state index in [1.54, 1.807) is 6.33 Å². The molecule has 1 heterocycles. The Hall–Kier alpha value is -0.940. The molecule has 5 nitrogen and oxygen atoms in total. The molecule has 1 aromatic rings.